The standard InChI is InChI=1S/2C20H30O7S.Ca/c2*1-3-5-6-7-8-9-12-15-26-19(21)16-13-10-11-14-17(16)20(22)27-18(4-2)28(23,24)25;/h2*10-11,13-14,18H,3-9,12,15H2,1-2H3,(H,23,24,25);/q;;+2/p-2. The molecule has 0 bridgehead atoms. The summed E-state index contributed by atoms with van der Waals surface area (Å²) in [5.41, 5.74) is -3.89. The molecule has 0 fully saturated rings. The SMILES string of the molecule is CCCCCCCCCOC(=O)c1ccccc1C(=O)OC(CC)S(=O)(=O)[O-].CCCCCCCCCOC(=O)c1ccccc1C(=O)OC(CC)S(=O)(=O)[O-].[Ca+2]. The van der Waals surface area contributed by atoms with E-state index in [1.807, 2.05) is 0 Å². The average molecular weight is 867 g/mol. The molecular formula is C40H58CaO14S2. The summed E-state index contributed by atoms with van der Waals surface area (Å²) < 4.78 is 86.7. The van der Waals surface area contributed by atoms with Gasteiger partial charge in [-0.3, -0.25) is 0 Å². The third-order valence-corrected chi connectivity index (χ3v) is 10.6. The second kappa shape index (κ2) is 30.4. The smallest absolute Gasteiger partial charge is 0.745 e. The van der Waals surface area contributed by atoms with E-state index in [2.05, 4.69) is 13.8 Å². The van der Waals surface area contributed by atoms with Crippen molar-refractivity contribution in [3.05, 3.63) is 70.8 Å². The Hall–Kier alpha value is -2.60. The van der Waals surface area contributed by atoms with Crippen molar-refractivity contribution in [1.29, 1.82) is 0 Å². The van der Waals surface area contributed by atoms with Gasteiger partial charge in [-0.05, 0) is 49.9 Å². The van der Waals surface area contributed by atoms with Crippen molar-refractivity contribution < 1.29 is 64.1 Å². The molecule has 2 atom stereocenters. The van der Waals surface area contributed by atoms with Gasteiger partial charge in [0, 0.05) is 0 Å². The van der Waals surface area contributed by atoms with Gasteiger partial charge in [-0.2, -0.15) is 0 Å². The zero-order valence-corrected chi connectivity index (χ0v) is 37.6. The molecule has 14 nitrogen and oxygen atoms in total. The maximum Gasteiger partial charge on any atom is 2.00 e. The van der Waals surface area contributed by atoms with E-state index in [1.54, 1.807) is 12.1 Å². The van der Waals surface area contributed by atoms with Crippen molar-refractivity contribution in [2.24, 2.45) is 0 Å². The quantitative estimate of drug-likeness (QED) is 0.0291. The number of rotatable bonds is 26. The summed E-state index contributed by atoms with van der Waals surface area (Å²) in [6.07, 6.45) is 14.8. The van der Waals surface area contributed by atoms with Gasteiger partial charge in [0.2, 0.25) is 0 Å². The molecule has 316 valence electrons. The number of hydrogen-bond donors (Lipinski definition) is 0. The summed E-state index contributed by atoms with van der Waals surface area (Å²) >= 11 is 0. The van der Waals surface area contributed by atoms with Crippen LogP contribution in [0.3, 0.4) is 0 Å². The number of esters is 4. The maximum absolute atomic E-state index is 12.3. The van der Waals surface area contributed by atoms with Crippen LogP contribution in [0.4, 0.5) is 0 Å². The number of benzene rings is 2. The van der Waals surface area contributed by atoms with Crippen LogP contribution in [0.2, 0.25) is 0 Å². The Morgan fingerprint density at radius 3 is 1.00 bits per heavy atom. The van der Waals surface area contributed by atoms with Gasteiger partial charge in [-0.1, -0.05) is 129 Å². The Balaban J connectivity index is 0.00000108. The second-order valence-electron chi connectivity index (χ2n) is 13.1. The number of carbonyl (C=O) groups is 4. The number of ether oxygens (including phenoxy) is 4. The first kappa shape index (κ1) is 54.4. The molecule has 0 spiro atoms. The monoisotopic (exact) mass is 866 g/mol. The van der Waals surface area contributed by atoms with Crippen LogP contribution in [0.25, 0.3) is 0 Å². The Kier molecular flexibility index (Phi) is 29.1. The summed E-state index contributed by atoms with van der Waals surface area (Å²) in [6, 6.07) is 11.6. The molecular weight excluding hydrogens is 809 g/mol. The fourth-order valence-corrected chi connectivity index (χ4v) is 6.57. The van der Waals surface area contributed by atoms with Crippen molar-refractivity contribution >= 4 is 81.9 Å². The molecule has 57 heavy (non-hydrogen) atoms. The van der Waals surface area contributed by atoms with Gasteiger partial charge in [0.15, 0.2) is 10.9 Å². The maximum atomic E-state index is 12.3. The molecule has 17 heteroatoms. The molecule has 0 aromatic heterocycles. The van der Waals surface area contributed by atoms with E-state index in [4.69, 9.17) is 18.9 Å². The molecule has 0 aliphatic rings. The molecule has 2 aromatic carbocycles. The van der Waals surface area contributed by atoms with E-state index in [9.17, 15) is 45.1 Å². The van der Waals surface area contributed by atoms with Crippen LogP contribution in [0.1, 0.15) is 172 Å². The molecule has 0 amide bonds. The normalized spacial score (nSPS) is 12.2. The van der Waals surface area contributed by atoms with Crippen LogP contribution in [0, 0.1) is 0 Å². The first-order chi connectivity index (χ1) is 26.6. The summed E-state index contributed by atoms with van der Waals surface area (Å²) in [5, 5.41) is 0. The number of unbranched alkanes of at least 4 members (excludes halogenated alkanes) is 12. The molecule has 0 saturated carbocycles. The topological polar surface area (TPSA) is 220 Å². The first-order valence-corrected chi connectivity index (χ1v) is 22.4. The van der Waals surface area contributed by atoms with Gasteiger partial charge in [0.05, 0.1) is 35.5 Å². The minimum Gasteiger partial charge on any atom is -0.745 e. The van der Waals surface area contributed by atoms with Gasteiger partial charge in [-0.25, -0.2) is 36.0 Å². The number of hydrogen-bond acceptors (Lipinski definition) is 14. The molecule has 0 radical (unpaired) electrons. The molecule has 0 aliphatic carbocycles. The minimum absolute atomic E-state index is 0. The molecule has 2 aromatic rings. The molecule has 0 N–H and O–H groups in total. The van der Waals surface area contributed by atoms with Crippen molar-refractivity contribution in [2.45, 2.75) is 141 Å². The van der Waals surface area contributed by atoms with Crippen LogP contribution < -0.4 is 0 Å². The van der Waals surface area contributed by atoms with Crippen LogP contribution in [-0.2, 0) is 39.2 Å². The van der Waals surface area contributed by atoms with Crippen LogP contribution in [-0.4, -0.2) is 112 Å². The zero-order chi connectivity index (χ0) is 42.0. The largest absolute Gasteiger partial charge is 2.00 e. The third-order valence-electron chi connectivity index (χ3n) is 8.48. The fourth-order valence-electron chi connectivity index (χ4n) is 5.34. The van der Waals surface area contributed by atoms with Crippen LogP contribution >= 0.6 is 0 Å². The van der Waals surface area contributed by atoms with E-state index in [0.717, 1.165) is 51.4 Å². The molecule has 2 rings (SSSR count). The first-order valence-electron chi connectivity index (χ1n) is 19.5. The van der Waals surface area contributed by atoms with Crippen molar-refractivity contribution in [3.63, 3.8) is 0 Å². The van der Waals surface area contributed by atoms with Gasteiger partial charge in [0.25, 0.3) is 0 Å². The summed E-state index contributed by atoms with van der Waals surface area (Å²) in [6.45, 7) is 7.63. The van der Waals surface area contributed by atoms with Gasteiger partial charge >= 0.3 is 61.6 Å². The molecule has 2 unspecified atom stereocenters. The van der Waals surface area contributed by atoms with E-state index >= 15 is 0 Å². The van der Waals surface area contributed by atoms with E-state index in [0.29, 0.717) is 0 Å². The Bertz CT molecular complexity index is 1590. The minimum atomic E-state index is -4.79. The van der Waals surface area contributed by atoms with E-state index < -0.39 is 55.0 Å². The van der Waals surface area contributed by atoms with Crippen molar-refractivity contribution in [2.75, 3.05) is 13.2 Å². The Morgan fingerprint density at radius 2 is 0.737 bits per heavy atom. The number of carbonyl (C=O) groups excluding carboxylic acids is 4. The summed E-state index contributed by atoms with van der Waals surface area (Å²) in [5.74, 6) is -3.46. The predicted molar refractivity (Wildman–Crippen MR) is 214 cm³/mol. The zero-order valence-electron chi connectivity index (χ0n) is 33.7. The van der Waals surface area contributed by atoms with Gasteiger partial charge in [-0.15, -0.1) is 0 Å². The summed E-state index contributed by atoms with van der Waals surface area (Å²) in [4.78, 5) is 49.1. The third kappa shape index (κ3) is 22.4. The Morgan fingerprint density at radius 1 is 0.474 bits per heavy atom. The predicted octanol–water partition coefficient (Wildman–Crippen LogP) is 7.68. The second-order valence-corrected chi connectivity index (χ2v) is 16.1. The fraction of sp³-hybridized carbons (Fsp3) is 0.600. The average Bonchev–Trinajstić information content (AvgIpc) is 3.16. The van der Waals surface area contributed by atoms with Gasteiger partial charge in [0.1, 0.15) is 20.2 Å². The van der Waals surface area contributed by atoms with Gasteiger partial charge < -0.3 is 28.1 Å². The van der Waals surface area contributed by atoms with E-state index in [-0.39, 0.29) is 86.0 Å². The molecule has 0 aliphatic heterocycles. The van der Waals surface area contributed by atoms with Crippen LogP contribution in [0.15, 0.2) is 48.5 Å². The molecule has 0 saturated heterocycles. The Labute approximate surface area is 368 Å². The van der Waals surface area contributed by atoms with Crippen LogP contribution in [0.5, 0.6) is 0 Å². The van der Waals surface area contributed by atoms with Crippen molar-refractivity contribution in [3.8, 4) is 0 Å². The van der Waals surface area contributed by atoms with E-state index in [1.165, 1.54) is 88.8 Å². The summed E-state index contributed by atoms with van der Waals surface area (Å²) in [7, 11) is -9.58. The van der Waals surface area contributed by atoms with Crippen molar-refractivity contribution in [1.82, 2.24) is 0 Å². The molecule has 0 heterocycles.